The Morgan fingerprint density at radius 1 is 1.41 bits per heavy atom. The van der Waals surface area contributed by atoms with Crippen molar-refractivity contribution in [2.24, 2.45) is 5.92 Å². The number of nitrogens with zero attached hydrogens (tertiary/aromatic N) is 2. The Morgan fingerprint density at radius 2 is 2.18 bits per heavy atom. The van der Waals surface area contributed by atoms with Gasteiger partial charge in [0.25, 0.3) is 5.56 Å². The van der Waals surface area contributed by atoms with Gasteiger partial charge in [0.15, 0.2) is 17.3 Å². The molecule has 1 unspecified atom stereocenters. The second kappa shape index (κ2) is 6.98. The molecule has 0 aliphatic heterocycles. The van der Waals surface area contributed by atoms with Gasteiger partial charge in [-0.2, -0.15) is 0 Å². The highest BCUT2D eigenvalue weighted by Crippen LogP contribution is 2.18. The maximum Gasteiger partial charge on any atom is 0.294 e. The molecule has 0 saturated heterocycles. The number of aromatic amines is 1. The maximum atomic E-state index is 12.2. The Labute approximate surface area is 128 Å². The van der Waals surface area contributed by atoms with E-state index in [1.807, 2.05) is 0 Å². The monoisotopic (exact) mass is 301 g/mol. The summed E-state index contributed by atoms with van der Waals surface area (Å²) in [4.78, 5) is 34.6. The summed E-state index contributed by atoms with van der Waals surface area (Å²) >= 11 is 0. The third-order valence-corrected chi connectivity index (χ3v) is 3.63. The molecule has 2 N–H and O–H groups in total. The molecule has 0 saturated carbocycles. The highest BCUT2D eigenvalue weighted by atomic mass is 16.3. The molecule has 6 heteroatoms. The average Bonchev–Trinajstić information content (AvgIpc) is 2.55. The van der Waals surface area contributed by atoms with Crippen molar-refractivity contribution in [1.82, 2.24) is 15.0 Å². The van der Waals surface area contributed by atoms with E-state index in [4.69, 9.17) is 0 Å². The van der Waals surface area contributed by atoms with Crippen molar-refractivity contribution in [1.29, 1.82) is 0 Å². The summed E-state index contributed by atoms with van der Waals surface area (Å²) in [7, 11) is 0. The normalized spacial score (nSPS) is 12.1. The van der Waals surface area contributed by atoms with Crippen molar-refractivity contribution < 1.29 is 9.90 Å². The van der Waals surface area contributed by atoms with Crippen LogP contribution in [0, 0.1) is 5.92 Å². The van der Waals surface area contributed by atoms with Gasteiger partial charge in [0.05, 0.1) is 0 Å². The van der Waals surface area contributed by atoms with E-state index in [2.05, 4.69) is 28.8 Å². The van der Waals surface area contributed by atoms with Crippen LogP contribution < -0.4 is 5.56 Å². The van der Waals surface area contributed by atoms with Crippen molar-refractivity contribution in [3.8, 4) is 17.3 Å². The van der Waals surface area contributed by atoms with Crippen LogP contribution in [0.3, 0.4) is 0 Å². The third kappa shape index (κ3) is 3.58. The van der Waals surface area contributed by atoms with Crippen LogP contribution in [-0.2, 0) is 0 Å². The number of ketones is 1. The summed E-state index contributed by atoms with van der Waals surface area (Å²) < 4.78 is 0. The van der Waals surface area contributed by atoms with Crippen LogP contribution in [0.1, 0.15) is 43.6 Å². The fourth-order valence-electron chi connectivity index (χ4n) is 1.99. The number of pyridine rings is 1. The number of aromatic nitrogens is 3. The number of rotatable bonds is 6. The van der Waals surface area contributed by atoms with E-state index in [1.54, 1.807) is 24.4 Å². The molecular formula is C16H19N3O3. The van der Waals surface area contributed by atoms with Gasteiger partial charge in [-0.1, -0.05) is 26.3 Å². The van der Waals surface area contributed by atoms with Gasteiger partial charge in [-0.15, -0.1) is 0 Å². The second-order valence-corrected chi connectivity index (χ2v) is 5.30. The van der Waals surface area contributed by atoms with Gasteiger partial charge in [0.2, 0.25) is 5.75 Å². The lowest BCUT2D eigenvalue weighted by Gasteiger charge is -2.08. The van der Waals surface area contributed by atoms with E-state index in [1.165, 1.54) is 0 Å². The lowest BCUT2D eigenvalue weighted by molar-refractivity contribution is 0.0966. The first-order chi connectivity index (χ1) is 10.5. The predicted molar refractivity (Wildman–Crippen MR) is 82.8 cm³/mol. The second-order valence-electron chi connectivity index (χ2n) is 5.30. The highest BCUT2D eigenvalue weighted by molar-refractivity contribution is 5.96. The molecule has 0 aromatic carbocycles. The lowest BCUT2D eigenvalue weighted by Crippen LogP contribution is -2.16. The quantitative estimate of drug-likeness (QED) is 0.799. The van der Waals surface area contributed by atoms with Gasteiger partial charge in [0, 0.05) is 12.6 Å². The number of hydrogen-bond acceptors (Lipinski definition) is 5. The molecule has 0 radical (unpaired) electrons. The van der Waals surface area contributed by atoms with Crippen molar-refractivity contribution in [3.05, 3.63) is 40.4 Å². The van der Waals surface area contributed by atoms with Gasteiger partial charge in [-0.05, 0) is 24.5 Å². The number of nitrogens with one attached hydrogen (secondary N) is 1. The molecule has 6 nitrogen and oxygen atoms in total. The van der Waals surface area contributed by atoms with Gasteiger partial charge < -0.3 is 10.1 Å². The SMILES string of the molecule is CCC(C)CCC(=O)c1nc(-c2ccccn2)[nH]c(=O)c1O. The van der Waals surface area contributed by atoms with E-state index in [0.29, 0.717) is 18.0 Å². The molecule has 0 fully saturated rings. The molecule has 1 atom stereocenters. The summed E-state index contributed by atoms with van der Waals surface area (Å²) in [5, 5.41) is 9.81. The zero-order valence-electron chi connectivity index (χ0n) is 12.7. The smallest absolute Gasteiger partial charge is 0.294 e. The molecule has 116 valence electrons. The van der Waals surface area contributed by atoms with Gasteiger partial charge >= 0.3 is 0 Å². The Morgan fingerprint density at radius 3 is 2.82 bits per heavy atom. The summed E-state index contributed by atoms with van der Waals surface area (Å²) in [5.41, 5.74) is -0.481. The Kier molecular flexibility index (Phi) is 5.04. The van der Waals surface area contributed by atoms with Gasteiger partial charge in [-0.25, -0.2) is 4.98 Å². The number of carbonyl (C=O) groups excluding carboxylic acids is 1. The first kappa shape index (κ1) is 15.9. The number of H-pyrrole nitrogens is 1. The largest absolute Gasteiger partial charge is 0.501 e. The summed E-state index contributed by atoms with van der Waals surface area (Å²) in [6, 6.07) is 5.16. The number of carbonyl (C=O) groups is 1. The molecule has 22 heavy (non-hydrogen) atoms. The Bertz CT molecular complexity index is 710. The molecule has 0 aliphatic carbocycles. The molecule has 0 bridgehead atoms. The summed E-state index contributed by atoms with van der Waals surface area (Å²) in [6.45, 7) is 4.11. The number of Topliss-reactive ketones (excluding diaryl/α,β-unsaturated/α-hetero) is 1. The minimum Gasteiger partial charge on any atom is -0.501 e. The van der Waals surface area contributed by atoms with Gasteiger partial charge in [0.1, 0.15) is 5.69 Å². The average molecular weight is 301 g/mol. The summed E-state index contributed by atoms with van der Waals surface area (Å²) in [6.07, 6.45) is 3.48. The van der Waals surface area contributed by atoms with Crippen LogP contribution in [0.4, 0.5) is 0 Å². The van der Waals surface area contributed by atoms with Crippen molar-refractivity contribution in [3.63, 3.8) is 0 Å². The van der Waals surface area contributed by atoms with Crippen molar-refractivity contribution in [2.75, 3.05) is 0 Å². The Hall–Kier alpha value is -2.50. The lowest BCUT2D eigenvalue weighted by atomic mass is 10.00. The van der Waals surface area contributed by atoms with Crippen molar-refractivity contribution in [2.45, 2.75) is 33.1 Å². The summed E-state index contributed by atoms with van der Waals surface area (Å²) in [5.74, 6) is -0.381. The van der Waals surface area contributed by atoms with E-state index >= 15 is 0 Å². The molecule has 0 spiro atoms. The Balaban J connectivity index is 2.33. The number of aromatic hydroxyl groups is 1. The van der Waals surface area contributed by atoms with E-state index < -0.39 is 11.3 Å². The fraction of sp³-hybridized carbons (Fsp3) is 0.375. The van der Waals surface area contributed by atoms with Crippen LogP contribution >= 0.6 is 0 Å². The fourth-order valence-corrected chi connectivity index (χ4v) is 1.99. The molecular weight excluding hydrogens is 282 g/mol. The standard InChI is InChI=1S/C16H19N3O3/c1-3-10(2)7-8-12(20)13-14(21)16(22)19-15(18-13)11-6-4-5-9-17-11/h4-6,9-10,21H,3,7-8H2,1-2H3,(H,18,19,22). The molecule has 2 rings (SSSR count). The minimum absolute atomic E-state index is 0.176. The van der Waals surface area contributed by atoms with E-state index in [-0.39, 0.29) is 23.7 Å². The van der Waals surface area contributed by atoms with Crippen LogP contribution in [0.15, 0.2) is 29.2 Å². The van der Waals surface area contributed by atoms with Crippen molar-refractivity contribution >= 4 is 5.78 Å². The van der Waals surface area contributed by atoms with Crippen LogP contribution in [-0.4, -0.2) is 25.8 Å². The molecule has 2 aromatic rings. The first-order valence-corrected chi connectivity index (χ1v) is 7.30. The third-order valence-electron chi connectivity index (χ3n) is 3.63. The highest BCUT2D eigenvalue weighted by Gasteiger charge is 2.19. The van der Waals surface area contributed by atoms with E-state index in [0.717, 1.165) is 6.42 Å². The molecule has 0 amide bonds. The predicted octanol–water partition coefficient (Wildman–Crippen LogP) is 2.55. The van der Waals surface area contributed by atoms with E-state index in [9.17, 15) is 14.7 Å². The first-order valence-electron chi connectivity index (χ1n) is 7.30. The molecule has 2 heterocycles. The number of hydrogen-bond donors (Lipinski definition) is 2. The zero-order valence-corrected chi connectivity index (χ0v) is 12.7. The van der Waals surface area contributed by atoms with Gasteiger partial charge in [-0.3, -0.25) is 14.6 Å². The zero-order chi connectivity index (χ0) is 16.1. The van der Waals surface area contributed by atoms with Crippen LogP contribution in [0.25, 0.3) is 11.5 Å². The van der Waals surface area contributed by atoms with Crippen LogP contribution in [0.5, 0.6) is 5.75 Å². The topological polar surface area (TPSA) is 95.9 Å². The maximum absolute atomic E-state index is 12.2. The minimum atomic E-state index is -0.734. The van der Waals surface area contributed by atoms with Crippen LogP contribution in [0.2, 0.25) is 0 Å². The molecule has 0 aliphatic rings. The molecule has 2 aromatic heterocycles.